The smallest absolute Gasteiger partial charge is 0.261 e. The topological polar surface area (TPSA) is 55.1 Å². The summed E-state index contributed by atoms with van der Waals surface area (Å²) >= 11 is 9.64. The number of anilines is 1. The number of nitrogens with zero attached hydrogens (tertiary/aromatic N) is 1. The normalized spacial score (nSPS) is 10.7. The van der Waals surface area contributed by atoms with Crippen LogP contribution in [0.25, 0.3) is 11.3 Å². The molecule has 0 atom stereocenters. The molecule has 6 heteroatoms. The van der Waals surface area contributed by atoms with Gasteiger partial charge in [0.15, 0.2) is 0 Å². The molecule has 0 fully saturated rings. The Morgan fingerprint density at radius 2 is 1.96 bits per heavy atom. The lowest BCUT2D eigenvalue weighted by atomic mass is 10.1. The molecule has 0 spiro atoms. The zero-order valence-electron chi connectivity index (χ0n) is 13.1. The fraction of sp³-hybridized carbons (Fsp3) is 0.111. The lowest BCUT2D eigenvalue weighted by Gasteiger charge is -2.09. The summed E-state index contributed by atoms with van der Waals surface area (Å²) in [6.45, 7) is 3.63. The van der Waals surface area contributed by atoms with Gasteiger partial charge in [0, 0.05) is 15.7 Å². The monoisotopic (exact) mass is 404 g/mol. The molecular formula is C18H14BrClN2O2. The van der Waals surface area contributed by atoms with E-state index in [0.717, 1.165) is 15.7 Å². The van der Waals surface area contributed by atoms with E-state index >= 15 is 0 Å². The predicted molar refractivity (Wildman–Crippen MR) is 98.5 cm³/mol. The standard InChI is InChI=1S/C18H14BrClN2O2/c1-10-9-12(19)7-8-15(10)21-18(23)16-11(2)24-22-17(16)13-5-3-4-6-14(13)20/h3-9H,1-2H3,(H,21,23). The summed E-state index contributed by atoms with van der Waals surface area (Å²) in [4.78, 5) is 12.8. The molecule has 0 bridgehead atoms. The maximum atomic E-state index is 12.8. The summed E-state index contributed by atoms with van der Waals surface area (Å²) in [5.74, 6) is 0.159. The second kappa shape index (κ2) is 6.79. The molecule has 0 aliphatic carbocycles. The molecule has 24 heavy (non-hydrogen) atoms. The maximum Gasteiger partial charge on any atom is 0.261 e. The molecular weight excluding hydrogens is 392 g/mol. The summed E-state index contributed by atoms with van der Waals surface area (Å²) in [5.41, 5.74) is 3.16. The molecule has 2 aromatic carbocycles. The molecule has 3 rings (SSSR count). The third-order valence-electron chi connectivity index (χ3n) is 3.66. The van der Waals surface area contributed by atoms with E-state index < -0.39 is 0 Å². The number of aromatic nitrogens is 1. The summed E-state index contributed by atoms with van der Waals surface area (Å²) in [5, 5.41) is 7.44. The second-order valence-electron chi connectivity index (χ2n) is 5.36. The molecule has 4 nitrogen and oxygen atoms in total. The third kappa shape index (κ3) is 3.23. The number of benzene rings is 2. The number of nitrogens with one attached hydrogen (secondary N) is 1. The first-order valence-electron chi connectivity index (χ1n) is 7.26. The van der Waals surface area contributed by atoms with Crippen LogP contribution in [0.3, 0.4) is 0 Å². The molecule has 0 aliphatic heterocycles. The largest absolute Gasteiger partial charge is 0.360 e. The van der Waals surface area contributed by atoms with Crippen LogP contribution in [0, 0.1) is 13.8 Å². The average Bonchev–Trinajstić information content (AvgIpc) is 2.92. The highest BCUT2D eigenvalue weighted by Crippen LogP contribution is 2.31. The van der Waals surface area contributed by atoms with Crippen LogP contribution in [-0.4, -0.2) is 11.1 Å². The Labute approximate surface area is 152 Å². The van der Waals surface area contributed by atoms with Crippen molar-refractivity contribution in [3.8, 4) is 11.3 Å². The summed E-state index contributed by atoms with van der Waals surface area (Å²) in [6.07, 6.45) is 0. The number of hydrogen-bond acceptors (Lipinski definition) is 3. The zero-order chi connectivity index (χ0) is 17.3. The summed E-state index contributed by atoms with van der Waals surface area (Å²) < 4.78 is 6.19. The quantitative estimate of drug-likeness (QED) is 0.614. The van der Waals surface area contributed by atoms with Gasteiger partial charge >= 0.3 is 0 Å². The van der Waals surface area contributed by atoms with Gasteiger partial charge in [0.2, 0.25) is 0 Å². The molecule has 0 radical (unpaired) electrons. The van der Waals surface area contributed by atoms with Crippen LogP contribution < -0.4 is 5.32 Å². The van der Waals surface area contributed by atoms with E-state index in [4.69, 9.17) is 16.1 Å². The van der Waals surface area contributed by atoms with E-state index in [1.54, 1.807) is 19.1 Å². The first kappa shape index (κ1) is 16.7. The van der Waals surface area contributed by atoms with E-state index in [1.165, 1.54) is 0 Å². The second-order valence-corrected chi connectivity index (χ2v) is 6.68. The van der Waals surface area contributed by atoms with Crippen molar-refractivity contribution in [1.29, 1.82) is 0 Å². The Balaban J connectivity index is 1.99. The Hall–Kier alpha value is -2.11. The van der Waals surface area contributed by atoms with Crippen molar-refractivity contribution in [2.24, 2.45) is 0 Å². The average molecular weight is 406 g/mol. The molecule has 1 heterocycles. The highest BCUT2D eigenvalue weighted by molar-refractivity contribution is 9.10. The molecule has 1 amide bonds. The van der Waals surface area contributed by atoms with Gasteiger partial charge in [0.25, 0.3) is 5.91 Å². The molecule has 122 valence electrons. The van der Waals surface area contributed by atoms with Gasteiger partial charge < -0.3 is 9.84 Å². The number of amides is 1. The number of carbonyl (C=O) groups is 1. The van der Waals surface area contributed by atoms with Gasteiger partial charge in [-0.1, -0.05) is 50.9 Å². The number of carbonyl (C=O) groups excluding carboxylic acids is 1. The number of rotatable bonds is 3. The number of aryl methyl sites for hydroxylation is 2. The first-order valence-corrected chi connectivity index (χ1v) is 8.43. The first-order chi connectivity index (χ1) is 11.5. The highest BCUT2D eigenvalue weighted by Gasteiger charge is 2.23. The van der Waals surface area contributed by atoms with E-state index in [-0.39, 0.29) is 5.91 Å². The van der Waals surface area contributed by atoms with E-state index in [9.17, 15) is 4.79 Å². The van der Waals surface area contributed by atoms with Gasteiger partial charge in [-0.25, -0.2) is 0 Å². The van der Waals surface area contributed by atoms with Gasteiger partial charge in [0.1, 0.15) is 17.0 Å². The summed E-state index contributed by atoms with van der Waals surface area (Å²) in [6, 6.07) is 12.9. The van der Waals surface area contributed by atoms with Crippen molar-refractivity contribution >= 4 is 39.1 Å². The Kier molecular flexibility index (Phi) is 4.73. The van der Waals surface area contributed by atoms with Crippen LogP contribution in [0.2, 0.25) is 5.02 Å². The molecule has 1 N–H and O–H groups in total. The molecule has 3 aromatic rings. The van der Waals surface area contributed by atoms with Gasteiger partial charge in [-0.2, -0.15) is 0 Å². The minimum Gasteiger partial charge on any atom is -0.360 e. The highest BCUT2D eigenvalue weighted by atomic mass is 79.9. The predicted octanol–water partition coefficient (Wildman–Crippen LogP) is 5.63. The lowest BCUT2D eigenvalue weighted by molar-refractivity contribution is 0.102. The fourth-order valence-corrected chi connectivity index (χ4v) is 3.13. The molecule has 0 saturated heterocycles. The minimum absolute atomic E-state index is 0.283. The van der Waals surface area contributed by atoms with E-state index in [1.807, 2.05) is 37.3 Å². The van der Waals surface area contributed by atoms with Crippen LogP contribution >= 0.6 is 27.5 Å². The van der Waals surface area contributed by atoms with Crippen LogP contribution in [-0.2, 0) is 0 Å². The number of halogens is 2. The van der Waals surface area contributed by atoms with Crippen molar-refractivity contribution in [1.82, 2.24) is 5.16 Å². The SMILES string of the molecule is Cc1cc(Br)ccc1NC(=O)c1c(-c2ccccc2Cl)noc1C. The van der Waals surface area contributed by atoms with Gasteiger partial charge in [0.05, 0.1) is 5.02 Å². The van der Waals surface area contributed by atoms with E-state index in [2.05, 4.69) is 26.4 Å². The third-order valence-corrected chi connectivity index (χ3v) is 4.48. The van der Waals surface area contributed by atoms with Gasteiger partial charge in [-0.3, -0.25) is 4.79 Å². The van der Waals surface area contributed by atoms with Crippen LogP contribution in [0.5, 0.6) is 0 Å². The van der Waals surface area contributed by atoms with Crippen molar-refractivity contribution in [2.45, 2.75) is 13.8 Å². The van der Waals surface area contributed by atoms with Crippen LogP contribution in [0.4, 0.5) is 5.69 Å². The van der Waals surface area contributed by atoms with Crippen LogP contribution in [0.1, 0.15) is 21.7 Å². The zero-order valence-corrected chi connectivity index (χ0v) is 15.4. The van der Waals surface area contributed by atoms with E-state index in [0.29, 0.717) is 27.6 Å². The maximum absolute atomic E-state index is 12.8. The van der Waals surface area contributed by atoms with Crippen molar-refractivity contribution < 1.29 is 9.32 Å². The Morgan fingerprint density at radius 1 is 1.21 bits per heavy atom. The number of hydrogen-bond donors (Lipinski definition) is 1. The summed E-state index contributed by atoms with van der Waals surface area (Å²) in [7, 11) is 0. The lowest BCUT2D eigenvalue weighted by Crippen LogP contribution is -2.14. The van der Waals surface area contributed by atoms with Gasteiger partial charge in [-0.15, -0.1) is 0 Å². The molecule has 1 aromatic heterocycles. The fourth-order valence-electron chi connectivity index (χ4n) is 2.43. The van der Waals surface area contributed by atoms with Crippen molar-refractivity contribution in [3.05, 3.63) is 68.8 Å². The van der Waals surface area contributed by atoms with Crippen molar-refractivity contribution in [3.63, 3.8) is 0 Å². The minimum atomic E-state index is -0.283. The van der Waals surface area contributed by atoms with Gasteiger partial charge in [-0.05, 0) is 43.7 Å². The van der Waals surface area contributed by atoms with Crippen LogP contribution in [0.15, 0.2) is 51.5 Å². The Bertz CT molecular complexity index is 921. The Morgan fingerprint density at radius 3 is 2.67 bits per heavy atom. The molecule has 0 aliphatic rings. The van der Waals surface area contributed by atoms with Crippen molar-refractivity contribution in [2.75, 3.05) is 5.32 Å². The molecule has 0 saturated carbocycles. The molecule has 0 unspecified atom stereocenters.